The topological polar surface area (TPSA) is 105 Å². The summed E-state index contributed by atoms with van der Waals surface area (Å²) in [6.07, 6.45) is 1.44. The summed E-state index contributed by atoms with van der Waals surface area (Å²) < 4.78 is 0. The van der Waals surface area contributed by atoms with Crippen LogP contribution < -0.4 is 16.4 Å². The van der Waals surface area contributed by atoms with Crippen LogP contribution in [0.5, 0.6) is 0 Å². The van der Waals surface area contributed by atoms with Crippen molar-refractivity contribution >= 4 is 23.5 Å². The number of anilines is 1. The summed E-state index contributed by atoms with van der Waals surface area (Å²) >= 11 is 0. The Morgan fingerprint density at radius 2 is 1.88 bits per heavy atom. The molecule has 136 valence electrons. The number of carbonyl (C=O) groups is 3. The zero-order valence-electron chi connectivity index (χ0n) is 14.7. The van der Waals surface area contributed by atoms with Gasteiger partial charge in [0.15, 0.2) is 0 Å². The zero-order valence-corrected chi connectivity index (χ0v) is 14.7. The first kappa shape index (κ1) is 18.8. The number of nitrogens with one attached hydrogen (secondary N) is 2. The van der Waals surface area contributed by atoms with Crippen LogP contribution in [0.25, 0.3) is 0 Å². The summed E-state index contributed by atoms with van der Waals surface area (Å²) in [4.78, 5) is 38.1. The van der Waals surface area contributed by atoms with Crippen molar-refractivity contribution < 1.29 is 14.4 Å². The molecule has 0 bridgehead atoms. The van der Waals surface area contributed by atoms with Crippen molar-refractivity contribution in [1.29, 1.82) is 0 Å². The molecule has 1 heterocycles. The summed E-state index contributed by atoms with van der Waals surface area (Å²) in [5.41, 5.74) is 6.03. The molecule has 7 nitrogen and oxygen atoms in total. The smallest absolute Gasteiger partial charge is 0.319 e. The molecule has 2 atom stereocenters. The first-order valence-electron chi connectivity index (χ1n) is 8.59. The molecule has 0 spiro atoms. The normalized spacial score (nSPS) is 18.5. The van der Waals surface area contributed by atoms with Crippen LogP contribution in [0, 0.1) is 11.8 Å². The lowest BCUT2D eigenvalue weighted by Crippen LogP contribution is -2.55. The lowest BCUT2D eigenvalue weighted by Gasteiger charge is -2.35. The molecule has 0 radical (unpaired) electrons. The van der Waals surface area contributed by atoms with E-state index in [0.717, 1.165) is 6.42 Å². The Morgan fingerprint density at radius 3 is 2.48 bits per heavy atom. The predicted molar refractivity (Wildman–Crippen MR) is 95.7 cm³/mol. The van der Waals surface area contributed by atoms with E-state index in [1.165, 1.54) is 0 Å². The number of urea groups is 1. The number of benzene rings is 1. The number of amides is 4. The molecule has 0 saturated carbocycles. The average Bonchev–Trinajstić information content (AvgIpc) is 2.60. The van der Waals surface area contributed by atoms with Gasteiger partial charge in [0, 0.05) is 18.8 Å². The van der Waals surface area contributed by atoms with Crippen molar-refractivity contribution in [2.75, 3.05) is 18.4 Å². The predicted octanol–water partition coefficient (Wildman–Crippen LogP) is 1.56. The number of para-hydroxylation sites is 1. The van der Waals surface area contributed by atoms with Crippen LogP contribution in [-0.4, -0.2) is 41.9 Å². The highest BCUT2D eigenvalue weighted by Crippen LogP contribution is 2.18. The van der Waals surface area contributed by atoms with Crippen molar-refractivity contribution in [2.24, 2.45) is 17.6 Å². The summed E-state index contributed by atoms with van der Waals surface area (Å²) in [6, 6.07) is 7.95. The fourth-order valence-electron chi connectivity index (χ4n) is 2.95. The van der Waals surface area contributed by atoms with Crippen molar-refractivity contribution in [3.8, 4) is 0 Å². The van der Waals surface area contributed by atoms with E-state index in [0.29, 0.717) is 25.2 Å². The highest BCUT2D eigenvalue weighted by Gasteiger charge is 2.33. The molecular weight excluding hydrogens is 320 g/mol. The van der Waals surface area contributed by atoms with Crippen LogP contribution >= 0.6 is 0 Å². The van der Waals surface area contributed by atoms with Gasteiger partial charge in [-0.25, -0.2) is 4.79 Å². The summed E-state index contributed by atoms with van der Waals surface area (Å²) in [5.74, 6) is -0.954. The molecule has 1 aromatic rings. The van der Waals surface area contributed by atoms with E-state index < -0.39 is 12.1 Å². The molecule has 25 heavy (non-hydrogen) atoms. The van der Waals surface area contributed by atoms with Gasteiger partial charge in [0.2, 0.25) is 11.8 Å². The number of primary amides is 1. The second-order valence-corrected chi connectivity index (χ2v) is 6.71. The monoisotopic (exact) mass is 346 g/mol. The summed E-state index contributed by atoms with van der Waals surface area (Å²) in [5, 5.41) is 5.47. The van der Waals surface area contributed by atoms with E-state index in [1.807, 2.05) is 32.0 Å². The van der Waals surface area contributed by atoms with Gasteiger partial charge in [-0.2, -0.15) is 0 Å². The van der Waals surface area contributed by atoms with E-state index in [2.05, 4.69) is 10.6 Å². The number of hydrogen-bond donors (Lipinski definition) is 3. The average molecular weight is 346 g/mol. The number of rotatable bonds is 5. The quantitative estimate of drug-likeness (QED) is 0.753. The maximum atomic E-state index is 12.8. The molecule has 1 aromatic carbocycles. The molecule has 2 unspecified atom stereocenters. The van der Waals surface area contributed by atoms with Gasteiger partial charge in [0.05, 0.1) is 5.92 Å². The number of likely N-dealkylation sites (tertiary alicyclic amines) is 1. The van der Waals surface area contributed by atoms with Crippen molar-refractivity contribution in [3.63, 3.8) is 0 Å². The highest BCUT2D eigenvalue weighted by atomic mass is 16.2. The van der Waals surface area contributed by atoms with Crippen molar-refractivity contribution in [2.45, 2.75) is 32.7 Å². The first-order chi connectivity index (χ1) is 11.9. The number of piperidine rings is 1. The Hall–Kier alpha value is -2.57. The van der Waals surface area contributed by atoms with Crippen LogP contribution in [-0.2, 0) is 9.59 Å². The number of carbonyl (C=O) groups excluding carboxylic acids is 3. The number of nitrogens with zero attached hydrogens (tertiary/aromatic N) is 1. The van der Waals surface area contributed by atoms with Crippen molar-refractivity contribution in [3.05, 3.63) is 30.3 Å². The Kier molecular flexibility index (Phi) is 6.38. The third kappa shape index (κ3) is 5.20. The van der Waals surface area contributed by atoms with Crippen LogP contribution in [0.1, 0.15) is 26.7 Å². The highest BCUT2D eigenvalue weighted by molar-refractivity contribution is 5.94. The van der Waals surface area contributed by atoms with Gasteiger partial charge < -0.3 is 21.3 Å². The number of nitrogens with two attached hydrogens (primary N) is 1. The Bertz CT molecular complexity index is 618. The lowest BCUT2D eigenvalue weighted by atomic mass is 9.95. The summed E-state index contributed by atoms with van der Waals surface area (Å²) in [6.45, 7) is 4.65. The molecule has 0 aromatic heterocycles. The molecule has 1 fully saturated rings. The minimum atomic E-state index is -0.657. The maximum absolute atomic E-state index is 12.8. The van der Waals surface area contributed by atoms with Gasteiger partial charge in [0.1, 0.15) is 6.04 Å². The van der Waals surface area contributed by atoms with E-state index in [-0.39, 0.29) is 23.7 Å². The standard InChI is InChI=1S/C18H26N4O3/c1-12(2)15(21-18(25)20-14-8-4-3-5-9-14)17(24)22-10-6-7-13(11-22)16(19)23/h3-5,8-9,12-13,15H,6-7,10-11H2,1-2H3,(H2,19,23)(H2,20,21,25). The van der Waals surface area contributed by atoms with E-state index in [4.69, 9.17) is 5.73 Å². The van der Waals surface area contributed by atoms with Gasteiger partial charge >= 0.3 is 6.03 Å². The second-order valence-electron chi connectivity index (χ2n) is 6.71. The van der Waals surface area contributed by atoms with Gasteiger partial charge in [-0.3, -0.25) is 9.59 Å². The zero-order chi connectivity index (χ0) is 18.4. The van der Waals surface area contributed by atoms with Gasteiger partial charge in [0.25, 0.3) is 0 Å². The van der Waals surface area contributed by atoms with Crippen molar-refractivity contribution in [1.82, 2.24) is 10.2 Å². The minimum absolute atomic E-state index is 0.0806. The fourth-order valence-corrected chi connectivity index (χ4v) is 2.95. The largest absolute Gasteiger partial charge is 0.369 e. The molecular formula is C18H26N4O3. The Balaban J connectivity index is 2.00. The first-order valence-corrected chi connectivity index (χ1v) is 8.59. The van der Waals surface area contributed by atoms with E-state index >= 15 is 0 Å². The van der Waals surface area contributed by atoms with Crippen LogP contribution in [0.2, 0.25) is 0 Å². The molecule has 2 rings (SSSR count). The summed E-state index contributed by atoms with van der Waals surface area (Å²) in [7, 11) is 0. The molecule has 4 amide bonds. The van der Waals surface area contributed by atoms with E-state index in [1.54, 1.807) is 17.0 Å². The van der Waals surface area contributed by atoms with Crippen LogP contribution in [0.3, 0.4) is 0 Å². The third-order valence-corrected chi connectivity index (χ3v) is 4.39. The Labute approximate surface area is 147 Å². The number of hydrogen-bond acceptors (Lipinski definition) is 3. The van der Waals surface area contributed by atoms with Gasteiger partial charge in [-0.05, 0) is 30.9 Å². The molecule has 1 saturated heterocycles. The van der Waals surface area contributed by atoms with Crippen LogP contribution in [0.4, 0.5) is 10.5 Å². The van der Waals surface area contributed by atoms with Crippen LogP contribution in [0.15, 0.2) is 30.3 Å². The Morgan fingerprint density at radius 1 is 1.20 bits per heavy atom. The molecule has 1 aliphatic rings. The molecule has 4 N–H and O–H groups in total. The van der Waals surface area contributed by atoms with Gasteiger partial charge in [-0.15, -0.1) is 0 Å². The second kappa shape index (κ2) is 8.50. The lowest BCUT2D eigenvalue weighted by molar-refractivity contribution is -0.137. The molecule has 7 heteroatoms. The SMILES string of the molecule is CC(C)C(NC(=O)Nc1ccccc1)C(=O)N1CCCC(C(N)=O)C1. The molecule has 0 aliphatic carbocycles. The van der Waals surface area contributed by atoms with E-state index in [9.17, 15) is 14.4 Å². The third-order valence-electron chi connectivity index (χ3n) is 4.39. The van der Waals surface area contributed by atoms with Gasteiger partial charge in [-0.1, -0.05) is 32.0 Å². The minimum Gasteiger partial charge on any atom is -0.369 e. The fraction of sp³-hybridized carbons (Fsp3) is 0.500. The molecule has 1 aliphatic heterocycles. The maximum Gasteiger partial charge on any atom is 0.319 e.